The molecule has 1 aromatic carbocycles. The lowest BCUT2D eigenvalue weighted by Gasteiger charge is -2.13. The zero-order valence-electron chi connectivity index (χ0n) is 8.58. The number of halogens is 2. The van der Waals surface area contributed by atoms with Gasteiger partial charge in [-0.1, -0.05) is 17.7 Å². The SMILES string of the molecule is Cc1cc(Cl)ccc1C(O)c1sccc1Br. The maximum absolute atomic E-state index is 10.3. The van der Waals surface area contributed by atoms with Crippen molar-refractivity contribution in [3.8, 4) is 0 Å². The number of hydrogen-bond donors (Lipinski definition) is 1. The summed E-state index contributed by atoms with van der Waals surface area (Å²) in [5.41, 5.74) is 1.90. The Labute approximate surface area is 112 Å². The Hall–Kier alpha value is -0.350. The summed E-state index contributed by atoms with van der Waals surface area (Å²) < 4.78 is 0.944. The Morgan fingerprint density at radius 3 is 2.69 bits per heavy atom. The molecule has 1 atom stereocenters. The molecule has 0 radical (unpaired) electrons. The molecule has 84 valence electrons. The van der Waals surface area contributed by atoms with Gasteiger partial charge in [0.2, 0.25) is 0 Å². The molecular weight excluding hydrogens is 308 g/mol. The second kappa shape index (κ2) is 4.88. The van der Waals surface area contributed by atoms with E-state index in [-0.39, 0.29) is 0 Å². The molecule has 0 saturated carbocycles. The van der Waals surface area contributed by atoms with Crippen molar-refractivity contribution >= 4 is 38.9 Å². The monoisotopic (exact) mass is 316 g/mol. The van der Waals surface area contributed by atoms with E-state index >= 15 is 0 Å². The van der Waals surface area contributed by atoms with Crippen LogP contribution in [0.5, 0.6) is 0 Å². The highest BCUT2D eigenvalue weighted by molar-refractivity contribution is 9.10. The summed E-state index contributed by atoms with van der Waals surface area (Å²) >= 11 is 10.9. The summed E-state index contributed by atoms with van der Waals surface area (Å²) in [6.45, 7) is 1.95. The van der Waals surface area contributed by atoms with Crippen LogP contribution < -0.4 is 0 Å². The second-order valence-electron chi connectivity index (χ2n) is 3.54. The van der Waals surface area contributed by atoms with E-state index < -0.39 is 6.10 Å². The zero-order valence-corrected chi connectivity index (χ0v) is 11.7. The third-order valence-corrected chi connectivity index (χ3v) is 4.58. The van der Waals surface area contributed by atoms with Crippen LogP contribution in [0.2, 0.25) is 5.02 Å². The van der Waals surface area contributed by atoms with Gasteiger partial charge in [0.15, 0.2) is 0 Å². The smallest absolute Gasteiger partial charge is 0.115 e. The predicted octanol–water partition coefficient (Wildman–Crippen LogP) is 4.55. The van der Waals surface area contributed by atoms with Crippen LogP contribution in [-0.2, 0) is 0 Å². The molecule has 0 aliphatic rings. The third kappa shape index (κ3) is 2.33. The number of benzene rings is 1. The summed E-state index contributed by atoms with van der Waals surface area (Å²) in [4.78, 5) is 0.922. The lowest BCUT2D eigenvalue weighted by Crippen LogP contribution is -2.00. The molecule has 4 heteroatoms. The van der Waals surface area contributed by atoms with Crippen molar-refractivity contribution in [3.63, 3.8) is 0 Å². The first-order chi connectivity index (χ1) is 7.59. The van der Waals surface area contributed by atoms with Crippen LogP contribution in [0.25, 0.3) is 0 Å². The fourth-order valence-corrected chi connectivity index (χ4v) is 3.41. The van der Waals surface area contributed by atoms with Gasteiger partial charge in [-0.25, -0.2) is 0 Å². The van der Waals surface area contributed by atoms with Crippen molar-refractivity contribution < 1.29 is 5.11 Å². The molecule has 0 saturated heterocycles. The lowest BCUT2D eigenvalue weighted by atomic mass is 10.0. The van der Waals surface area contributed by atoms with Gasteiger partial charge < -0.3 is 5.11 Å². The molecule has 1 N–H and O–H groups in total. The van der Waals surface area contributed by atoms with Crippen LogP contribution in [0.4, 0.5) is 0 Å². The zero-order chi connectivity index (χ0) is 11.7. The Morgan fingerprint density at radius 2 is 2.12 bits per heavy atom. The third-order valence-electron chi connectivity index (χ3n) is 2.42. The van der Waals surface area contributed by atoms with Crippen molar-refractivity contribution in [3.05, 3.63) is 55.1 Å². The highest BCUT2D eigenvalue weighted by atomic mass is 79.9. The maximum Gasteiger partial charge on any atom is 0.115 e. The van der Waals surface area contributed by atoms with E-state index in [4.69, 9.17) is 11.6 Å². The Balaban J connectivity index is 2.41. The molecule has 2 rings (SSSR count). The van der Waals surface area contributed by atoms with Gasteiger partial charge in [-0.05, 0) is 57.6 Å². The van der Waals surface area contributed by atoms with Gasteiger partial charge in [0.1, 0.15) is 6.10 Å². The standard InChI is InChI=1S/C12H10BrClOS/c1-7-6-8(14)2-3-9(7)11(15)12-10(13)4-5-16-12/h2-6,11,15H,1H3. The number of thiophene rings is 1. The average Bonchev–Trinajstić information content (AvgIpc) is 2.63. The number of aryl methyl sites for hydroxylation is 1. The fourth-order valence-electron chi connectivity index (χ4n) is 1.59. The number of hydrogen-bond acceptors (Lipinski definition) is 2. The van der Waals surface area contributed by atoms with Crippen molar-refractivity contribution in [2.75, 3.05) is 0 Å². The number of aliphatic hydroxyl groups is 1. The molecule has 0 aliphatic heterocycles. The van der Waals surface area contributed by atoms with Crippen LogP contribution in [0.15, 0.2) is 34.1 Å². The first kappa shape index (κ1) is 12.1. The minimum atomic E-state index is -0.591. The van der Waals surface area contributed by atoms with Gasteiger partial charge in [0, 0.05) is 9.50 Å². The van der Waals surface area contributed by atoms with E-state index in [1.165, 1.54) is 11.3 Å². The molecule has 1 heterocycles. The Kier molecular flexibility index (Phi) is 3.70. The Bertz CT molecular complexity index is 509. The fraction of sp³-hybridized carbons (Fsp3) is 0.167. The number of aliphatic hydroxyl groups excluding tert-OH is 1. The van der Waals surface area contributed by atoms with Gasteiger partial charge >= 0.3 is 0 Å². The predicted molar refractivity (Wildman–Crippen MR) is 72.3 cm³/mol. The van der Waals surface area contributed by atoms with Crippen molar-refractivity contribution in [1.29, 1.82) is 0 Å². The summed E-state index contributed by atoms with van der Waals surface area (Å²) in [5, 5.41) is 12.9. The van der Waals surface area contributed by atoms with E-state index in [0.29, 0.717) is 5.02 Å². The minimum Gasteiger partial charge on any atom is -0.383 e. The molecule has 2 aromatic rings. The molecule has 0 amide bonds. The molecule has 0 aliphatic carbocycles. The molecule has 1 aromatic heterocycles. The highest BCUT2D eigenvalue weighted by Crippen LogP contribution is 2.34. The van der Waals surface area contributed by atoms with Gasteiger partial charge in [0.05, 0.1) is 4.88 Å². The highest BCUT2D eigenvalue weighted by Gasteiger charge is 2.16. The molecular formula is C12H10BrClOS. The Morgan fingerprint density at radius 1 is 1.38 bits per heavy atom. The van der Waals surface area contributed by atoms with E-state index in [1.807, 2.05) is 30.5 Å². The normalized spacial score (nSPS) is 12.8. The minimum absolute atomic E-state index is 0.591. The van der Waals surface area contributed by atoms with Gasteiger partial charge in [-0.2, -0.15) is 0 Å². The first-order valence-electron chi connectivity index (χ1n) is 4.76. The summed E-state index contributed by atoms with van der Waals surface area (Å²) in [6, 6.07) is 7.47. The second-order valence-corrected chi connectivity index (χ2v) is 5.77. The quantitative estimate of drug-likeness (QED) is 0.861. The van der Waals surface area contributed by atoms with Gasteiger partial charge in [-0.15, -0.1) is 11.3 Å². The van der Waals surface area contributed by atoms with E-state index in [2.05, 4.69) is 15.9 Å². The van der Waals surface area contributed by atoms with Gasteiger partial charge in [-0.3, -0.25) is 0 Å². The summed E-state index contributed by atoms with van der Waals surface area (Å²) in [7, 11) is 0. The largest absolute Gasteiger partial charge is 0.383 e. The summed E-state index contributed by atoms with van der Waals surface area (Å²) in [5.74, 6) is 0. The van der Waals surface area contributed by atoms with Gasteiger partial charge in [0.25, 0.3) is 0 Å². The van der Waals surface area contributed by atoms with Crippen LogP contribution in [0.1, 0.15) is 22.1 Å². The van der Waals surface area contributed by atoms with Crippen LogP contribution in [0, 0.1) is 6.92 Å². The van der Waals surface area contributed by atoms with E-state index in [1.54, 1.807) is 6.07 Å². The molecule has 0 bridgehead atoms. The van der Waals surface area contributed by atoms with Crippen LogP contribution in [0.3, 0.4) is 0 Å². The van der Waals surface area contributed by atoms with Crippen LogP contribution >= 0.6 is 38.9 Å². The summed E-state index contributed by atoms with van der Waals surface area (Å²) in [6.07, 6.45) is -0.591. The lowest BCUT2D eigenvalue weighted by molar-refractivity contribution is 0.222. The molecule has 1 nitrogen and oxygen atoms in total. The molecule has 0 spiro atoms. The molecule has 1 unspecified atom stereocenters. The van der Waals surface area contributed by atoms with Crippen molar-refractivity contribution in [2.45, 2.75) is 13.0 Å². The topological polar surface area (TPSA) is 20.2 Å². The number of rotatable bonds is 2. The first-order valence-corrected chi connectivity index (χ1v) is 6.81. The van der Waals surface area contributed by atoms with Crippen molar-refractivity contribution in [2.24, 2.45) is 0 Å². The van der Waals surface area contributed by atoms with E-state index in [0.717, 1.165) is 20.5 Å². The van der Waals surface area contributed by atoms with Crippen molar-refractivity contribution in [1.82, 2.24) is 0 Å². The average molecular weight is 318 g/mol. The maximum atomic E-state index is 10.3. The molecule has 16 heavy (non-hydrogen) atoms. The van der Waals surface area contributed by atoms with E-state index in [9.17, 15) is 5.11 Å². The van der Waals surface area contributed by atoms with Crippen LogP contribution in [-0.4, -0.2) is 5.11 Å². The molecule has 0 fully saturated rings.